The van der Waals surface area contributed by atoms with Gasteiger partial charge < -0.3 is 0 Å². The average molecular weight is 209 g/mol. The minimum absolute atomic E-state index is 0.145. The fourth-order valence-corrected chi connectivity index (χ4v) is 1.57. The van der Waals surface area contributed by atoms with Crippen molar-refractivity contribution in [2.75, 3.05) is 0 Å². The second-order valence-electron chi connectivity index (χ2n) is 3.78. The first-order chi connectivity index (χ1) is 7.75. The predicted octanol–water partition coefficient (Wildman–Crippen LogP) is 3.29. The Hall–Kier alpha value is -1.89. The normalized spacial score (nSPS) is 10.1. The molecule has 1 nitrogen and oxygen atoms in total. The predicted molar refractivity (Wildman–Crippen MR) is 65.4 cm³/mol. The minimum atomic E-state index is 0.145. The van der Waals surface area contributed by atoms with Crippen LogP contribution in [0.1, 0.15) is 21.5 Å². The van der Waals surface area contributed by atoms with Gasteiger partial charge in [0, 0.05) is 12.0 Å². The van der Waals surface area contributed by atoms with Gasteiger partial charge in [-0.05, 0) is 18.1 Å². The fourth-order valence-electron chi connectivity index (χ4n) is 1.57. The summed E-state index contributed by atoms with van der Waals surface area (Å²) in [6, 6.07) is 17.1. The second kappa shape index (κ2) is 4.75. The zero-order valence-electron chi connectivity index (χ0n) is 9.02. The number of rotatable bonds is 3. The molecule has 1 radical (unpaired) electrons. The summed E-state index contributed by atoms with van der Waals surface area (Å²) >= 11 is 0. The summed E-state index contributed by atoms with van der Waals surface area (Å²) in [5.41, 5.74) is 2.72. The second-order valence-corrected chi connectivity index (χ2v) is 3.78. The molecule has 0 aromatic heterocycles. The Labute approximate surface area is 95.7 Å². The molecule has 16 heavy (non-hydrogen) atoms. The molecule has 0 fully saturated rings. The van der Waals surface area contributed by atoms with Gasteiger partial charge in [-0.15, -0.1) is 0 Å². The summed E-state index contributed by atoms with van der Waals surface area (Å²) in [6.45, 7) is 3.79. The highest BCUT2D eigenvalue weighted by atomic mass is 16.1. The number of hydrogen-bond donors (Lipinski definition) is 0. The molecule has 1 heteroatoms. The highest BCUT2D eigenvalue weighted by Crippen LogP contribution is 2.08. The van der Waals surface area contributed by atoms with Crippen LogP contribution >= 0.6 is 0 Å². The van der Waals surface area contributed by atoms with E-state index in [4.69, 9.17) is 0 Å². The molecule has 2 rings (SSSR count). The zero-order valence-corrected chi connectivity index (χ0v) is 9.02. The standard InChI is InChI=1S/C15H13O/c1-12-7-9-14(10-8-12)15(16)11-13-5-3-2-4-6-13/h2-10H,1,11H2. The Morgan fingerprint density at radius 3 is 2.19 bits per heavy atom. The van der Waals surface area contributed by atoms with Crippen molar-refractivity contribution in [1.29, 1.82) is 0 Å². The summed E-state index contributed by atoms with van der Waals surface area (Å²) < 4.78 is 0. The van der Waals surface area contributed by atoms with E-state index in [1.165, 1.54) is 0 Å². The molecule has 0 amide bonds. The van der Waals surface area contributed by atoms with Crippen LogP contribution in [-0.2, 0) is 6.42 Å². The molecule has 0 aliphatic carbocycles. The van der Waals surface area contributed by atoms with Crippen LogP contribution in [-0.4, -0.2) is 5.78 Å². The van der Waals surface area contributed by atoms with E-state index in [9.17, 15) is 4.79 Å². The Morgan fingerprint density at radius 2 is 1.56 bits per heavy atom. The lowest BCUT2D eigenvalue weighted by atomic mass is 10.0. The van der Waals surface area contributed by atoms with E-state index in [2.05, 4.69) is 6.92 Å². The van der Waals surface area contributed by atoms with E-state index in [1.807, 2.05) is 54.6 Å². The van der Waals surface area contributed by atoms with Gasteiger partial charge in [0.05, 0.1) is 0 Å². The van der Waals surface area contributed by atoms with Crippen LogP contribution in [0.3, 0.4) is 0 Å². The molecule has 0 saturated heterocycles. The summed E-state index contributed by atoms with van der Waals surface area (Å²) in [4.78, 5) is 11.9. The topological polar surface area (TPSA) is 17.1 Å². The third kappa shape index (κ3) is 2.57. The van der Waals surface area contributed by atoms with Gasteiger partial charge in [0.1, 0.15) is 0 Å². The summed E-state index contributed by atoms with van der Waals surface area (Å²) in [6.07, 6.45) is 0.456. The summed E-state index contributed by atoms with van der Waals surface area (Å²) in [7, 11) is 0. The number of hydrogen-bond acceptors (Lipinski definition) is 1. The molecular formula is C15H13O. The lowest BCUT2D eigenvalue weighted by Gasteiger charge is -2.01. The number of benzene rings is 2. The van der Waals surface area contributed by atoms with Crippen molar-refractivity contribution in [2.24, 2.45) is 0 Å². The number of ketones is 1. The number of Topliss-reactive ketones (excluding diaryl/α,β-unsaturated/α-hetero) is 1. The number of carbonyl (C=O) groups excluding carboxylic acids is 1. The molecule has 0 spiro atoms. The van der Waals surface area contributed by atoms with Crippen LogP contribution in [0.15, 0.2) is 54.6 Å². The van der Waals surface area contributed by atoms with Crippen molar-refractivity contribution in [2.45, 2.75) is 6.42 Å². The molecule has 0 aliphatic heterocycles. The molecule has 0 N–H and O–H groups in total. The molecule has 0 heterocycles. The van der Waals surface area contributed by atoms with E-state index in [0.29, 0.717) is 6.42 Å². The molecule has 0 saturated carbocycles. The van der Waals surface area contributed by atoms with E-state index in [-0.39, 0.29) is 5.78 Å². The SMILES string of the molecule is [CH2]c1ccc(C(=O)Cc2ccccc2)cc1. The van der Waals surface area contributed by atoms with E-state index in [1.54, 1.807) is 0 Å². The van der Waals surface area contributed by atoms with Crippen LogP contribution < -0.4 is 0 Å². The molecule has 2 aromatic rings. The smallest absolute Gasteiger partial charge is 0.167 e. The van der Waals surface area contributed by atoms with Crippen molar-refractivity contribution in [3.63, 3.8) is 0 Å². The molecule has 0 bridgehead atoms. The van der Waals surface area contributed by atoms with Crippen molar-refractivity contribution in [1.82, 2.24) is 0 Å². The zero-order chi connectivity index (χ0) is 11.4. The van der Waals surface area contributed by atoms with Gasteiger partial charge in [-0.1, -0.05) is 54.6 Å². The van der Waals surface area contributed by atoms with Gasteiger partial charge >= 0.3 is 0 Å². The Morgan fingerprint density at radius 1 is 0.938 bits per heavy atom. The fraction of sp³-hybridized carbons (Fsp3) is 0.0667. The third-order valence-electron chi connectivity index (χ3n) is 2.48. The van der Waals surface area contributed by atoms with E-state index in [0.717, 1.165) is 16.7 Å². The van der Waals surface area contributed by atoms with Crippen LogP contribution in [0.25, 0.3) is 0 Å². The van der Waals surface area contributed by atoms with Crippen LogP contribution in [0.4, 0.5) is 0 Å². The van der Waals surface area contributed by atoms with Crippen LogP contribution in [0.2, 0.25) is 0 Å². The molecule has 0 unspecified atom stereocenters. The first-order valence-electron chi connectivity index (χ1n) is 5.25. The van der Waals surface area contributed by atoms with Gasteiger partial charge in [-0.3, -0.25) is 4.79 Å². The van der Waals surface area contributed by atoms with Gasteiger partial charge in [0.15, 0.2) is 5.78 Å². The van der Waals surface area contributed by atoms with Gasteiger partial charge in [-0.2, -0.15) is 0 Å². The molecular weight excluding hydrogens is 196 g/mol. The third-order valence-corrected chi connectivity index (χ3v) is 2.48. The van der Waals surface area contributed by atoms with Crippen LogP contribution in [0, 0.1) is 6.92 Å². The van der Waals surface area contributed by atoms with Gasteiger partial charge in [-0.25, -0.2) is 0 Å². The van der Waals surface area contributed by atoms with Gasteiger partial charge in [0.2, 0.25) is 0 Å². The van der Waals surface area contributed by atoms with Gasteiger partial charge in [0.25, 0.3) is 0 Å². The lowest BCUT2D eigenvalue weighted by molar-refractivity contribution is 0.0993. The van der Waals surface area contributed by atoms with Crippen LogP contribution in [0.5, 0.6) is 0 Å². The Balaban J connectivity index is 2.12. The minimum Gasteiger partial charge on any atom is -0.294 e. The Bertz CT molecular complexity index is 469. The average Bonchev–Trinajstić information content (AvgIpc) is 2.31. The van der Waals surface area contributed by atoms with Crippen molar-refractivity contribution in [3.8, 4) is 0 Å². The van der Waals surface area contributed by atoms with Crippen molar-refractivity contribution in [3.05, 3.63) is 78.2 Å². The summed E-state index contributed by atoms with van der Waals surface area (Å²) in [5, 5.41) is 0. The molecule has 2 aromatic carbocycles. The Kier molecular flexibility index (Phi) is 3.16. The largest absolute Gasteiger partial charge is 0.294 e. The maximum absolute atomic E-state index is 11.9. The maximum Gasteiger partial charge on any atom is 0.167 e. The summed E-state index contributed by atoms with van der Waals surface area (Å²) in [5.74, 6) is 0.145. The monoisotopic (exact) mass is 209 g/mol. The van der Waals surface area contributed by atoms with E-state index >= 15 is 0 Å². The molecule has 0 aliphatic rings. The lowest BCUT2D eigenvalue weighted by Crippen LogP contribution is -2.03. The molecule has 79 valence electrons. The highest BCUT2D eigenvalue weighted by Gasteiger charge is 2.05. The van der Waals surface area contributed by atoms with Crippen molar-refractivity contribution < 1.29 is 4.79 Å². The van der Waals surface area contributed by atoms with E-state index < -0.39 is 0 Å². The first kappa shape index (κ1) is 10.6. The molecule has 0 atom stereocenters. The first-order valence-corrected chi connectivity index (χ1v) is 5.25. The van der Waals surface area contributed by atoms with Crippen molar-refractivity contribution >= 4 is 5.78 Å². The number of carbonyl (C=O) groups is 1. The quantitative estimate of drug-likeness (QED) is 0.709. The highest BCUT2D eigenvalue weighted by molar-refractivity contribution is 5.97. The maximum atomic E-state index is 11.9.